The number of carbonyl (C=O) groups is 3. The van der Waals surface area contributed by atoms with E-state index in [1.54, 1.807) is 37.3 Å². The normalized spacial score (nSPS) is 15.5. The molecule has 0 spiro atoms. The quantitative estimate of drug-likeness (QED) is 0.270. The predicted molar refractivity (Wildman–Crippen MR) is 124 cm³/mol. The number of nitro groups is 1. The van der Waals surface area contributed by atoms with E-state index in [0.717, 1.165) is 14.2 Å². The molecule has 11 heteroatoms. The summed E-state index contributed by atoms with van der Waals surface area (Å²) in [5.41, 5.74) is 5.91. The lowest BCUT2D eigenvalue weighted by Gasteiger charge is -2.36. The van der Waals surface area contributed by atoms with Crippen LogP contribution in [0.2, 0.25) is 0 Å². The Morgan fingerprint density at radius 1 is 0.971 bits per heavy atom. The number of para-hydroxylation sites is 1. The van der Waals surface area contributed by atoms with E-state index in [-0.39, 0.29) is 40.5 Å². The van der Waals surface area contributed by atoms with Crippen molar-refractivity contribution in [1.29, 1.82) is 0 Å². The first-order valence-electron chi connectivity index (χ1n) is 10.4. The summed E-state index contributed by atoms with van der Waals surface area (Å²) in [6.45, 7) is 1.58. The molecular formula is C24H23N3O8. The molecular weight excluding hydrogens is 458 g/mol. The second-order valence-electron chi connectivity index (χ2n) is 7.22. The van der Waals surface area contributed by atoms with Crippen LogP contribution in [0.4, 0.5) is 11.4 Å². The van der Waals surface area contributed by atoms with Gasteiger partial charge in [-0.2, -0.15) is 0 Å². The number of methoxy groups -OCH3 is 2. The fourth-order valence-corrected chi connectivity index (χ4v) is 3.84. The smallest absolute Gasteiger partial charge is 0.355 e. The second-order valence-corrected chi connectivity index (χ2v) is 7.22. The lowest BCUT2D eigenvalue weighted by atomic mass is 9.80. The van der Waals surface area contributed by atoms with Gasteiger partial charge in [0.25, 0.3) is 5.69 Å². The van der Waals surface area contributed by atoms with Crippen molar-refractivity contribution in [2.24, 2.45) is 5.73 Å². The number of nitrogens with zero attached hydrogens (tertiary/aromatic N) is 2. The van der Waals surface area contributed by atoms with Crippen molar-refractivity contribution in [3.8, 4) is 0 Å². The van der Waals surface area contributed by atoms with Crippen molar-refractivity contribution in [1.82, 2.24) is 0 Å². The zero-order chi connectivity index (χ0) is 25.7. The SMILES string of the molecule is CCOC(=O)C1=C(N)N(c2ccccc2)C(C(=O)OC)=C(C(=O)OC)C1c1cccc([N+](=O)[O-])c1. The van der Waals surface area contributed by atoms with Gasteiger partial charge in [-0.15, -0.1) is 0 Å². The topological polar surface area (TPSA) is 151 Å². The summed E-state index contributed by atoms with van der Waals surface area (Å²) in [7, 11) is 2.23. The van der Waals surface area contributed by atoms with E-state index >= 15 is 0 Å². The van der Waals surface area contributed by atoms with Gasteiger partial charge in [0.2, 0.25) is 0 Å². The van der Waals surface area contributed by atoms with Crippen molar-refractivity contribution >= 4 is 29.3 Å². The van der Waals surface area contributed by atoms with Crippen molar-refractivity contribution in [2.75, 3.05) is 25.7 Å². The number of ether oxygens (including phenoxy) is 3. The molecule has 0 radical (unpaired) electrons. The van der Waals surface area contributed by atoms with Gasteiger partial charge in [0.15, 0.2) is 0 Å². The molecule has 3 rings (SSSR count). The highest BCUT2D eigenvalue weighted by Gasteiger charge is 2.45. The second kappa shape index (κ2) is 10.5. The summed E-state index contributed by atoms with van der Waals surface area (Å²) in [6, 6.07) is 13.6. The number of hydrogen-bond donors (Lipinski definition) is 1. The number of rotatable bonds is 7. The summed E-state index contributed by atoms with van der Waals surface area (Å²) >= 11 is 0. The molecule has 0 aliphatic carbocycles. The fourth-order valence-electron chi connectivity index (χ4n) is 3.84. The summed E-state index contributed by atoms with van der Waals surface area (Å²) in [5, 5.41) is 11.4. The van der Waals surface area contributed by atoms with Gasteiger partial charge in [-0.25, -0.2) is 14.4 Å². The molecule has 35 heavy (non-hydrogen) atoms. The third-order valence-corrected chi connectivity index (χ3v) is 5.28. The minimum absolute atomic E-state index is 0.0102. The van der Waals surface area contributed by atoms with Crippen LogP contribution in [0.15, 0.2) is 77.3 Å². The molecule has 2 aromatic carbocycles. The maximum Gasteiger partial charge on any atom is 0.355 e. The average molecular weight is 481 g/mol. The van der Waals surface area contributed by atoms with Gasteiger partial charge in [0.1, 0.15) is 11.5 Å². The average Bonchev–Trinajstić information content (AvgIpc) is 2.87. The fraction of sp³-hybridized carbons (Fsp3) is 0.208. The largest absolute Gasteiger partial charge is 0.466 e. The first kappa shape index (κ1) is 25.0. The van der Waals surface area contributed by atoms with E-state index in [1.807, 2.05) is 0 Å². The van der Waals surface area contributed by atoms with Crippen molar-refractivity contribution in [3.05, 3.63) is 92.9 Å². The molecule has 0 aromatic heterocycles. The lowest BCUT2D eigenvalue weighted by molar-refractivity contribution is -0.384. The summed E-state index contributed by atoms with van der Waals surface area (Å²) in [4.78, 5) is 51.4. The Morgan fingerprint density at radius 3 is 2.20 bits per heavy atom. The van der Waals surface area contributed by atoms with E-state index in [4.69, 9.17) is 19.9 Å². The molecule has 0 amide bonds. The first-order chi connectivity index (χ1) is 16.8. The molecule has 11 nitrogen and oxygen atoms in total. The minimum atomic E-state index is -1.32. The van der Waals surface area contributed by atoms with Gasteiger partial charge in [-0.1, -0.05) is 30.3 Å². The van der Waals surface area contributed by atoms with Crippen LogP contribution in [0, 0.1) is 10.1 Å². The van der Waals surface area contributed by atoms with E-state index in [0.29, 0.717) is 5.69 Å². The maximum absolute atomic E-state index is 13.2. The molecule has 0 bridgehead atoms. The van der Waals surface area contributed by atoms with Gasteiger partial charge in [0.05, 0.1) is 42.8 Å². The van der Waals surface area contributed by atoms with E-state index in [1.165, 1.54) is 29.2 Å². The number of esters is 3. The minimum Gasteiger partial charge on any atom is -0.466 e. The third kappa shape index (κ3) is 4.69. The van der Waals surface area contributed by atoms with Crippen molar-refractivity contribution < 1.29 is 33.5 Å². The molecule has 1 heterocycles. The Kier molecular flexibility index (Phi) is 7.49. The molecule has 0 fully saturated rings. The molecule has 1 unspecified atom stereocenters. The summed E-state index contributed by atoms with van der Waals surface area (Å²) < 4.78 is 15.1. The Hall–Kier alpha value is -4.67. The van der Waals surface area contributed by atoms with Gasteiger partial charge >= 0.3 is 17.9 Å². The highest BCUT2D eigenvalue weighted by atomic mass is 16.6. The number of non-ortho nitro benzene ring substituents is 1. The lowest BCUT2D eigenvalue weighted by Crippen LogP contribution is -2.42. The first-order valence-corrected chi connectivity index (χ1v) is 10.4. The number of nitro benzene ring substituents is 1. The zero-order valence-electron chi connectivity index (χ0n) is 19.2. The Labute approximate surface area is 200 Å². The molecule has 0 saturated heterocycles. The highest BCUT2D eigenvalue weighted by Crippen LogP contribution is 2.44. The Morgan fingerprint density at radius 2 is 1.63 bits per heavy atom. The molecule has 1 aliphatic heterocycles. The van der Waals surface area contributed by atoms with Crippen LogP contribution in [0.1, 0.15) is 18.4 Å². The van der Waals surface area contributed by atoms with Crippen LogP contribution in [-0.4, -0.2) is 43.7 Å². The predicted octanol–water partition coefficient (Wildman–Crippen LogP) is 2.53. The van der Waals surface area contributed by atoms with E-state index in [2.05, 4.69) is 0 Å². The van der Waals surface area contributed by atoms with Crippen LogP contribution in [-0.2, 0) is 28.6 Å². The number of nitrogens with two attached hydrogens (primary N) is 1. The van der Waals surface area contributed by atoms with Crippen molar-refractivity contribution in [2.45, 2.75) is 12.8 Å². The van der Waals surface area contributed by atoms with Crippen LogP contribution in [0.25, 0.3) is 0 Å². The van der Waals surface area contributed by atoms with Gasteiger partial charge in [0, 0.05) is 17.8 Å². The van der Waals surface area contributed by atoms with Crippen LogP contribution >= 0.6 is 0 Å². The molecule has 2 aromatic rings. The monoisotopic (exact) mass is 481 g/mol. The third-order valence-electron chi connectivity index (χ3n) is 5.28. The van der Waals surface area contributed by atoms with Crippen LogP contribution in [0.3, 0.4) is 0 Å². The molecule has 182 valence electrons. The Bertz CT molecular complexity index is 1240. The van der Waals surface area contributed by atoms with E-state index in [9.17, 15) is 24.5 Å². The molecule has 0 saturated carbocycles. The molecule has 1 aliphatic rings. The standard InChI is InChI=1S/C24H23N3O8/c1-4-35-23(29)19-17(14-9-8-12-16(13-14)27(31)32)18(22(28)33-2)20(24(30)34-3)26(21(19)25)15-10-6-5-7-11-15/h5-13,17H,4,25H2,1-3H3. The number of carbonyl (C=O) groups excluding carboxylic acids is 3. The van der Waals surface area contributed by atoms with Crippen molar-refractivity contribution in [3.63, 3.8) is 0 Å². The number of hydrogen-bond acceptors (Lipinski definition) is 10. The van der Waals surface area contributed by atoms with E-state index < -0.39 is 28.7 Å². The van der Waals surface area contributed by atoms with Crippen LogP contribution in [0.5, 0.6) is 0 Å². The number of benzene rings is 2. The maximum atomic E-state index is 13.2. The Balaban J connectivity index is 2.46. The summed E-state index contributed by atoms with van der Waals surface area (Å²) in [5.74, 6) is -4.30. The molecule has 2 N–H and O–H groups in total. The summed E-state index contributed by atoms with van der Waals surface area (Å²) in [6.07, 6.45) is 0. The van der Waals surface area contributed by atoms with Crippen LogP contribution < -0.4 is 10.6 Å². The number of anilines is 1. The zero-order valence-corrected chi connectivity index (χ0v) is 19.2. The highest BCUT2D eigenvalue weighted by molar-refractivity contribution is 6.09. The van der Waals surface area contributed by atoms with Gasteiger partial charge in [-0.05, 0) is 24.6 Å². The van der Waals surface area contributed by atoms with Gasteiger partial charge < -0.3 is 19.9 Å². The van der Waals surface area contributed by atoms with Gasteiger partial charge in [-0.3, -0.25) is 15.0 Å². The molecule has 1 atom stereocenters.